The van der Waals surface area contributed by atoms with Gasteiger partial charge >= 0.3 is 0 Å². The van der Waals surface area contributed by atoms with Crippen molar-refractivity contribution in [3.63, 3.8) is 0 Å². The second kappa shape index (κ2) is 6.58. The first-order chi connectivity index (χ1) is 12.2. The summed E-state index contributed by atoms with van der Waals surface area (Å²) in [5.74, 6) is 0.737. The van der Waals surface area contributed by atoms with Gasteiger partial charge in [0.25, 0.3) is 0 Å². The van der Waals surface area contributed by atoms with Crippen molar-refractivity contribution in [2.75, 3.05) is 42.6 Å². The van der Waals surface area contributed by atoms with Gasteiger partial charge in [0.1, 0.15) is 12.4 Å². The molecule has 25 heavy (non-hydrogen) atoms. The number of hydrogen-bond donors (Lipinski definition) is 1. The Labute approximate surface area is 151 Å². The first kappa shape index (κ1) is 16.2. The van der Waals surface area contributed by atoms with Gasteiger partial charge in [-0.2, -0.15) is 0 Å². The number of aliphatic hydroxyl groups is 1. The number of para-hydroxylation sites is 1. The van der Waals surface area contributed by atoms with Crippen molar-refractivity contribution in [3.05, 3.63) is 53.1 Å². The van der Waals surface area contributed by atoms with Crippen molar-refractivity contribution in [2.45, 2.75) is 5.92 Å². The smallest absolute Gasteiger partial charge is 0.246 e. The van der Waals surface area contributed by atoms with E-state index in [-0.39, 0.29) is 25.0 Å². The van der Waals surface area contributed by atoms with Crippen LogP contribution in [0, 0.1) is 0 Å². The van der Waals surface area contributed by atoms with E-state index in [1.807, 2.05) is 41.3 Å². The number of anilines is 2. The van der Waals surface area contributed by atoms with E-state index in [4.69, 9.17) is 16.3 Å². The summed E-state index contributed by atoms with van der Waals surface area (Å²) in [6.07, 6.45) is 0. The fourth-order valence-corrected chi connectivity index (χ4v) is 3.71. The van der Waals surface area contributed by atoms with Gasteiger partial charge in [-0.15, -0.1) is 0 Å². The lowest BCUT2D eigenvalue weighted by molar-refractivity contribution is -0.117. The van der Waals surface area contributed by atoms with Crippen LogP contribution in [0.4, 0.5) is 11.4 Å². The lowest BCUT2D eigenvalue weighted by Gasteiger charge is -2.32. The zero-order valence-corrected chi connectivity index (χ0v) is 14.4. The molecule has 0 bridgehead atoms. The van der Waals surface area contributed by atoms with E-state index in [0.717, 1.165) is 22.7 Å². The topological polar surface area (TPSA) is 53.0 Å². The van der Waals surface area contributed by atoms with Gasteiger partial charge in [0.2, 0.25) is 5.91 Å². The zero-order valence-electron chi connectivity index (χ0n) is 13.7. The molecule has 0 aromatic heterocycles. The maximum atomic E-state index is 13.0. The summed E-state index contributed by atoms with van der Waals surface area (Å²) < 4.78 is 5.65. The molecule has 0 aliphatic carbocycles. The highest BCUT2D eigenvalue weighted by Gasteiger charge is 2.33. The molecule has 4 rings (SSSR count). The number of hydrogen-bond acceptors (Lipinski definition) is 4. The van der Waals surface area contributed by atoms with Crippen LogP contribution in [0.2, 0.25) is 5.02 Å². The Bertz CT molecular complexity index is 811. The van der Waals surface area contributed by atoms with Crippen LogP contribution in [0.25, 0.3) is 0 Å². The predicted octanol–water partition coefficient (Wildman–Crippen LogP) is 2.66. The molecule has 2 aliphatic heterocycles. The summed E-state index contributed by atoms with van der Waals surface area (Å²) in [5.41, 5.74) is 2.77. The van der Waals surface area contributed by atoms with Crippen LogP contribution in [0.1, 0.15) is 11.5 Å². The molecule has 1 amide bonds. The quantitative estimate of drug-likeness (QED) is 0.916. The van der Waals surface area contributed by atoms with Crippen molar-refractivity contribution >= 4 is 28.9 Å². The van der Waals surface area contributed by atoms with Crippen molar-refractivity contribution in [3.8, 4) is 5.75 Å². The Morgan fingerprint density at radius 1 is 1.24 bits per heavy atom. The lowest BCUT2D eigenvalue weighted by atomic mass is 10.0. The third-order valence-electron chi connectivity index (χ3n) is 4.80. The minimum Gasteiger partial charge on any atom is -0.490 e. The van der Waals surface area contributed by atoms with Gasteiger partial charge in [-0.25, -0.2) is 0 Å². The SMILES string of the molecule is O=C(CN1CCOc2ccc(Cl)cc21)N1CC(CO)c2ccccc21. The maximum absolute atomic E-state index is 13.0. The normalized spacial score (nSPS) is 18.6. The second-order valence-electron chi connectivity index (χ2n) is 6.32. The summed E-state index contributed by atoms with van der Waals surface area (Å²) in [7, 11) is 0. The lowest BCUT2D eigenvalue weighted by Crippen LogP contribution is -2.43. The average molecular weight is 359 g/mol. The number of nitrogens with zero attached hydrogens (tertiary/aromatic N) is 2. The highest BCUT2D eigenvalue weighted by Crippen LogP contribution is 2.37. The Morgan fingerprint density at radius 2 is 2.08 bits per heavy atom. The Balaban J connectivity index is 1.57. The van der Waals surface area contributed by atoms with E-state index < -0.39 is 0 Å². The fraction of sp³-hybridized carbons (Fsp3) is 0.316. The van der Waals surface area contributed by atoms with Crippen molar-refractivity contribution in [2.24, 2.45) is 0 Å². The molecule has 1 atom stereocenters. The van der Waals surface area contributed by atoms with E-state index in [1.54, 1.807) is 11.0 Å². The first-order valence-electron chi connectivity index (χ1n) is 8.35. The molecule has 2 aliphatic rings. The molecule has 1 unspecified atom stereocenters. The van der Waals surface area contributed by atoms with Gasteiger partial charge in [0.15, 0.2) is 0 Å². The molecular weight excluding hydrogens is 340 g/mol. The van der Waals surface area contributed by atoms with Crippen molar-refractivity contribution < 1.29 is 14.6 Å². The molecule has 2 aromatic rings. The Hall–Kier alpha value is -2.24. The summed E-state index contributed by atoms with van der Waals surface area (Å²) in [5, 5.41) is 10.2. The third kappa shape index (κ3) is 2.94. The van der Waals surface area contributed by atoms with E-state index in [2.05, 4.69) is 0 Å². The monoisotopic (exact) mass is 358 g/mol. The number of amides is 1. The molecule has 2 heterocycles. The highest BCUT2D eigenvalue weighted by atomic mass is 35.5. The Kier molecular flexibility index (Phi) is 4.27. The number of carbonyl (C=O) groups excluding carboxylic acids is 1. The van der Waals surface area contributed by atoms with Gasteiger partial charge in [-0.05, 0) is 29.8 Å². The minimum absolute atomic E-state index is 0.0104. The van der Waals surface area contributed by atoms with E-state index in [9.17, 15) is 9.90 Å². The highest BCUT2D eigenvalue weighted by molar-refractivity contribution is 6.31. The van der Waals surface area contributed by atoms with Crippen molar-refractivity contribution in [1.29, 1.82) is 0 Å². The van der Waals surface area contributed by atoms with Crippen LogP contribution in [-0.2, 0) is 4.79 Å². The number of benzene rings is 2. The first-order valence-corrected chi connectivity index (χ1v) is 8.72. The number of aliphatic hydroxyl groups excluding tert-OH is 1. The molecule has 2 aromatic carbocycles. The zero-order chi connectivity index (χ0) is 17.4. The summed E-state index contributed by atoms with van der Waals surface area (Å²) in [4.78, 5) is 16.7. The van der Waals surface area contributed by atoms with Gasteiger partial charge in [-0.3, -0.25) is 4.79 Å². The fourth-order valence-electron chi connectivity index (χ4n) is 3.55. The number of ether oxygens (including phenoxy) is 1. The molecule has 0 fully saturated rings. The molecule has 6 heteroatoms. The molecule has 0 spiro atoms. The van der Waals surface area contributed by atoms with Crippen LogP contribution in [-0.4, -0.2) is 43.9 Å². The standard InChI is InChI=1S/C19H19ClN2O3/c20-14-5-6-18-17(9-14)21(7-8-25-18)11-19(24)22-10-13(12-23)15-3-1-2-4-16(15)22/h1-6,9,13,23H,7-8,10-12H2. The summed E-state index contributed by atoms with van der Waals surface area (Å²) in [6, 6.07) is 13.2. The number of carbonyl (C=O) groups is 1. The third-order valence-corrected chi connectivity index (χ3v) is 5.03. The predicted molar refractivity (Wildman–Crippen MR) is 97.8 cm³/mol. The number of halogens is 1. The van der Waals surface area contributed by atoms with Crippen LogP contribution in [0.5, 0.6) is 5.75 Å². The van der Waals surface area contributed by atoms with Crippen LogP contribution in [0.3, 0.4) is 0 Å². The number of fused-ring (bicyclic) bond motifs is 2. The summed E-state index contributed by atoms with van der Waals surface area (Å²) in [6.45, 7) is 1.98. The van der Waals surface area contributed by atoms with E-state index in [0.29, 0.717) is 24.7 Å². The largest absolute Gasteiger partial charge is 0.490 e. The Morgan fingerprint density at radius 3 is 2.92 bits per heavy atom. The van der Waals surface area contributed by atoms with Crippen LogP contribution >= 0.6 is 11.6 Å². The maximum Gasteiger partial charge on any atom is 0.246 e. The van der Waals surface area contributed by atoms with Gasteiger partial charge in [-0.1, -0.05) is 29.8 Å². The van der Waals surface area contributed by atoms with Crippen LogP contribution in [0.15, 0.2) is 42.5 Å². The summed E-state index contributed by atoms with van der Waals surface area (Å²) >= 11 is 6.11. The van der Waals surface area contributed by atoms with Gasteiger partial charge in [0.05, 0.1) is 25.4 Å². The molecule has 1 N–H and O–H groups in total. The average Bonchev–Trinajstić information content (AvgIpc) is 3.01. The van der Waals surface area contributed by atoms with E-state index in [1.165, 1.54) is 0 Å². The van der Waals surface area contributed by atoms with Crippen LogP contribution < -0.4 is 14.5 Å². The molecular formula is C19H19ClN2O3. The van der Waals surface area contributed by atoms with Gasteiger partial charge < -0.3 is 19.6 Å². The number of rotatable bonds is 3. The molecule has 0 saturated heterocycles. The molecule has 0 radical (unpaired) electrons. The minimum atomic E-state index is -0.0217. The van der Waals surface area contributed by atoms with Gasteiger partial charge in [0, 0.05) is 23.2 Å². The van der Waals surface area contributed by atoms with E-state index >= 15 is 0 Å². The van der Waals surface area contributed by atoms with Crippen molar-refractivity contribution in [1.82, 2.24) is 0 Å². The second-order valence-corrected chi connectivity index (χ2v) is 6.76. The molecule has 0 saturated carbocycles. The molecule has 130 valence electrons. The molecule has 5 nitrogen and oxygen atoms in total.